The smallest absolute Gasteiger partial charge is 0.00122 e. The molecule has 1 aliphatic carbocycles. The highest BCUT2D eigenvalue weighted by molar-refractivity contribution is 4.87. The fraction of sp³-hybridized carbons (Fsp3) is 1.00. The van der Waals surface area contributed by atoms with Gasteiger partial charge < -0.3 is 4.90 Å². The Balaban J connectivity index is 1.86. The summed E-state index contributed by atoms with van der Waals surface area (Å²) in [6.45, 7) is 6.32. The van der Waals surface area contributed by atoms with Crippen LogP contribution in [0, 0.1) is 11.8 Å². The molecule has 0 aromatic carbocycles. The second-order valence-corrected chi connectivity index (χ2v) is 3.78. The highest BCUT2D eigenvalue weighted by Crippen LogP contribution is 2.40. The van der Waals surface area contributed by atoms with Crippen LogP contribution >= 0.6 is 0 Å². The molecule has 0 bridgehead atoms. The maximum absolute atomic E-state index is 2.60. The first-order valence-corrected chi connectivity index (χ1v) is 4.62. The van der Waals surface area contributed by atoms with Crippen LogP contribution in [0.1, 0.15) is 26.2 Å². The maximum atomic E-state index is 2.60. The predicted molar refractivity (Wildman–Crippen MR) is 42.9 cm³/mol. The lowest BCUT2D eigenvalue weighted by Crippen LogP contribution is -2.44. The van der Waals surface area contributed by atoms with Crippen LogP contribution < -0.4 is 0 Å². The zero-order valence-corrected chi connectivity index (χ0v) is 6.84. The summed E-state index contributed by atoms with van der Waals surface area (Å²) in [4.78, 5) is 2.60. The van der Waals surface area contributed by atoms with E-state index in [0.29, 0.717) is 0 Å². The number of piperidine rings is 1. The normalized spacial score (nSPS) is 40.5. The Kier molecular flexibility index (Phi) is 1.69. The van der Waals surface area contributed by atoms with Gasteiger partial charge in [0.1, 0.15) is 0 Å². The highest BCUT2D eigenvalue weighted by atomic mass is 15.1. The SMILES string of the molecule is CCN1CCC2CCC2C1. The van der Waals surface area contributed by atoms with E-state index in [1.54, 1.807) is 0 Å². The standard InChI is InChI=1S/C9H17N/c1-2-10-6-5-8-3-4-9(8)7-10/h8-9H,2-7H2,1H3. The summed E-state index contributed by atoms with van der Waals surface area (Å²) in [6.07, 6.45) is 4.53. The first kappa shape index (κ1) is 6.66. The Morgan fingerprint density at radius 1 is 1.20 bits per heavy atom. The molecule has 1 heterocycles. The van der Waals surface area contributed by atoms with Gasteiger partial charge in [-0.25, -0.2) is 0 Å². The minimum Gasteiger partial charge on any atom is -0.303 e. The Morgan fingerprint density at radius 2 is 2.00 bits per heavy atom. The summed E-state index contributed by atoms with van der Waals surface area (Å²) in [7, 11) is 0. The molecule has 0 spiro atoms. The summed E-state index contributed by atoms with van der Waals surface area (Å²) in [6, 6.07) is 0. The monoisotopic (exact) mass is 139 g/mol. The molecule has 2 fully saturated rings. The number of likely N-dealkylation sites (tertiary alicyclic amines) is 1. The topological polar surface area (TPSA) is 3.24 Å². The maximum Gasteiger partial charge on any atom is 0.00122 e. The van der Waals surface area contributed by atoms with Gasteiger partial charge in [-0.2, -0.15) is 0 Å². The van der Waals surface area contributed by atoms with Gasteiger partial charge in [-0.15, -0.1) is 0 Å². The number of fused-ring (bicyclic) bond motifs is 1. The van der Waals surface area contributed by atoms with Gasteiger partial charge in [-0.05, 0) is 44.2 Å². The van der Waals surface area contributed by atoms with Gasteiger partial charge in [0.2, 0.25) is 0 Å². The molecule has 1 saturated heterocycles. The minimum absolute atomic E-state index is 1.09. The molecule has 0 N–H and O–H groups in total. The molecular weight excluding hydrogens is 122 g/mol. The summed E-state index contributed by atoms with van der Waals surface area (Å²) in [5, 5.41) is 0. The summed E-state index contributed by atoms with van der Waals surface area (Å²) < 4.78 is 0. The molecule has 1 nitrogen and oxygen atoms in total. The summed E-state index contributed by atoms with van der Waals surface area (Å²) >= 11 is 0. The minimum atomic E-state index is 1.09. The van der Waals surface area contributed by atoms with Crippen LogP contribution in [-0.4, -0.2) is 24.5 Å². The number of nitrogens with zero attached hydrogens (tertiary/aromatic N) is 1. The van der Waals surface area contributed by atoms with Crippen LogP contribution in [0.25, 0.3) is 0 Å². The Hall–Kier alpha value is -0.0400. The van der Waals surface area contributed by atoms with Gasteiger partial charge >= 0.3 is 0 Å². The average Bonchev–Trinajstić information content (AvgIpc) is 1.92. The van der Waals surface area contributed by atoms with Crippen molar-refractivity contribution < 1.29 is 0 Å². The van der Waals surface area contributed by atoms with Gasteiger partial charge in [0.15, 0.2) is 0 Å². The van der Waals surface area contributed by atoms with Crippen LogP contribution in [0.4, 0.5) is 0 Å². The third-order valence-electron chi connectivity index (χ3n) is 3.33. The quantitative estimate of drug-likeness (QED) is 0.535. The van der Waals surface area contributed by atoms with Crippen LogP contribution in [-0.2, 0) is 0 Å². The van der Waals surface area contributed by atoms with Gasteiger partial charge in [-0.3, -0.25) is 0 Å². The molecule has 0 radical (unpaired) electrons. The van der Waals surface area contributed by atoms with Crippen molar-refractivity contribution in [3.8, 4) is 0 Å². The summed E-state index contributed by atoms with van der Waals surface area (Å²) in [5.74, 6) is 2.22. The first-order chi connectivity index (χ1) is 4.90. The van der Waals surface area contributed by atoms with Crippen molar-refractivity contribution in [2.75, 3.05) is 19.6 Å². The van der Waals surface area contributed by atoms with Crippen LogP contribution in [0.15, 0.2) is 0 Å². The van der Waals surface area contributed by atoms with E-state index in [0.717, 1.165) is 11.8 Å². The van der Waals surface area contributed by atoms with E-state index in [-0.39, 0.29) is 0 Å². The fourth-order valence-corrected chi connectivity index (χ4v) is 2.32. The molecule has 1 saturated carbocycles. The van der Waals surface area contributed by atoms with Gasteiger partial charge in [0.25, 0.3) is 0 Å². The van der Waals surface area contributed by atoms with Crippen molar-refractivity contribution in [2.24, 2.45) is 11.8 Å². The number of hydrogen-bond donors (Lipinski definition) is 0. The lowest BCUT2D eigenvalue weighted by molar-refractivity contribution is 0.0497. The molecular formula is C9H17N. The lowest BCUT2D eigenvalue weighted by Gasteiger charge is -2.45. The fourth-order valence-electron chi connectivity index (χ4n) is 2.32. The first-order valence-electron chi connectivity index (χ1n) is 4.62. The van der Waals surface area contributed by atoms with E-state index in [9.17, 15) is 0 Å². The molecule has 1 aliphatic heterocycles. The number of rotatable bonds is 1. The molecule has 2 atom stereocenters. The molecule has 10 heavy (non-hydrogen) atoms. The highest BCUT2D eigenvalue weighted by Gasteiger charge is 2.34. The molecule has 0 amide bonds. The predicted octanol–water partition coefficient (Wildman–Crippen LogP) is 1.74. The third kappa shape index (κ3) is 0.968. The Labute approximate surface area is 63.4 Å². The summed E-state index contributed by atoms with van der Waals surface area (Å²) in [5.41, 5.74) is 0. The van der Waals surface area contributed by atoms with Crippen molar-refractivity contribution in [1.82, 2.24) is 4.90 Å². The van der Waals surface area contributed by atoms with Crippen molar-refractivity contribution >= 4 is 0 Å². The molecule has 2 unspecified atom stereocenters. The lowest BCUT2D eigenvalue weighted by atomic mass is 9.69. The zero-order chi connectivity index (χ0) is 6.97. The molecule has 0 aromatic heterocycles. The van der Waals surface area contributed by atoms with E-state index < -0.39 is 0 Å². The molecule has 2 rings (SSSR count). The van der Waals surface area contributed by atoms with Gasteiger partial charge in [-0.1, -0.05) is 6.92 Å². The van der Waals surface area contributed by atoms with Crippen LogP contribution in [0.2, 0.25) is 0 Å². The van der Waals surface area contributed by atoms with Crippen LogP contribution in [0.5, 0.6) is 0 Å². The van der Waals surface area contributed by atoms with Gasteiger partial charge in [0, 0.05) is 6.54 Å². The van der Waals surface area contributed by atoms with Crippen LogP contribution in [0.3, 0.4) is 0 Å². The molecule has 1 heteroatoms. The molecule has 0 aromatic rings. The second-order valence-electron chi connectivity index (χ2n) is 3.78. The van der Waals surface area contributed by atoms with E-state index in [2.05, 4.69) is 11.8 Å². The largest absolute Gasteiger partial charge is 0.303 e. The van der Waals surface area contributed by atoms with E-state index in [1.807, 2.05) is 0 Å². The Morgan fingerprint density at radius 3 is 2.50 bits per heavy atom. The van der Waals surface area contributed by atoms with Crippen molar-refractivity contribution in [2.45, 2.75) is 26.2 Å². The van der Waals surface area contributed by atoms with E-state index in [4.69, 9.17) is 0 Å². The van der Waals surface area contributed by atoms with Gasteiger partial charge in [0.05, 0.1) is 0 Å². The van der Waals surface area contributed by atoms with Crippen molar-refractivity contribution in [1.29, 1.82) is 0 Å². The van der Waals surface area contributed by atoms with Crippen molar-refractivity contribution in [3.63, 3.8) is 0 Å². The Bertz CT molecular complexity index is 120. The molecule has 58 valence electrons. The van der Waals surface area contributed by atoms with Crippen molar-refractivity contribution in [3.05, 3.63) is 0 Å². The van der Waals surface area contributed by atoms with E-state index >= 15 is 0 Å². The van der Waals surface area contributed by atoms with E-state index in [1.165, 1.54) is 38.9 Å². The second kappa shape index (κ2) is 2.54. The number of hydrogen-bond acceptors (Lipinski definition) is 1. The third-order valence-corrected chi connectivity index (χ3v) is 3.33. The average molecular weight is 139 g/mol. The zero-order valence-electron chi connectivity index (χ0n) is 6.84. The molecule has 2 aliphatic rings.